The van der Waals surface area contributed by atoms with Crippen LogP contribution in [-0.4, -0.2) is 32.2 Å². The van der Waals surface area contributed by atoms with Crippen LogP contribution in [0.1, 0.15) is 32.6 Å². The van der Waals surface area contributed by atoms with Gasteiger partial charge in [0.05, 0.1) is 11.0 Å². The lowest BCUT2D eigenvalue weighted by Crippen LogP contribution is -2.28. The summed E-state index contributed by atoms with van der Waals surface area (Å²) in [7, 11) is -3.38. The van der Waals surface area contributed by atoms with Gasteiger partial charge in [-0.25, -0.2) is 13.1 Å². The monoisotopic (exact) mass is 298 g/mol. The van der Waals surface area contributed by atoms with Gasteiger partial charge >= 0.3 is 0 Å². The third-order valence-electron chi connectivity index (χ3n) is 3.57. The van der Waals surface area contributed by atoms with E-state index in [-0.39, 0.29) is 11.0 Å². The molecule has 0 amide bonds. The van der Waals surface area contributed by atoms with Crippen LogP contribution in [0.25, 0.3) is 0 Å². The number of nitrogens with one attached hydrogen (secondary N) is 2. The molecule has 1 aromatic carbocycles. The van der Waals surface area contributed by atoms with Gasteiger partial charge in [0, 0.05) is 18.3 Å². The SMILES string of the molecule is CCNS(=O)(=O)c1ccc(NC2CCC(O)CC2)cc1. The van der Waals surface area contributed by atoms with Crippen LogP contribution >= 0.6 is 0 Å². The van der Waals surface area contributed by atoms with Gasteiger partial charge in [-0.1, -0.05) is 6.92 Å². The topological polar surface area (TPSA) is 78.4 Å². The average molecular weight is 298 g/mol. The van der Waals surface area contributed by atoms with E-state index >= 15 is 0 Å². The first kappa shape index (κ1) is 15.3. The maximum atomic E-state index is 11.8. The molecule has 112 valence electrons. The molecule has 0 bridgehead atoms. The summed E-state index contributed by atoms with van der Waals surface area (Å²) in [5, 5.41) is 12.9. The van der Waals surface area contributed by atoms with Crippen molar-refractivity contribution in [3.63, 3.8) is 0 Å². The third-order valence-corrected chi connectivity index (χ3v) is 5.13. The number of benzene rings is 1. The van der Waals surface area contributed by atoms with Gasteiger partial charge in [-0.15, -0.1) is 0 Å². The third kappa shape index (κ3) is 3.94. The number of hydrogen-bond donors (Lipinski definition) is 3. The lowest BCUT2D eigenvalue weighted by molar-refractivity contribution is 0.126. The Morgan fingerprint density at radius 1 is 1.15 bits per heavy atom. The van der Waals surface area contributed by atoms with Crippen molar-refractivity contribution in [2.75, 3.05) is 11.9 Å². The summed E-state index contributed by atoms with van der Waals surface area (Å²) in [4.78, 5) is 0.281. The summed E-state index contributed by atoms with van der Waals surface area (Å²) >= 11 is 0. The van der Waals surface area contributed by atoms with Gasteiger partial charge in [-0.3, -0.25) is 0 Å². The lowest BCUT2D eigenvalue weighted by atomic mass is 9.93. The first-order valence-electron chi connectivity index (χ1n) is 7.05. The van der Waals surface area contributed by atoms with Crippen LogP contribution < -0.4 is 10.0 Å². The molecule has 0 saturated heterocycles. The average Bonchev–Trinajstić information content (AvgIpc) is 2.42. The van der Waals surface area contributed by atoms with Crippen molar-refractivity contribution in [2.45, 2.75) is 49.6 Å². The molecule has 2 rings (SSSR count). The van der Waals surface area contributed by atoms with Crippen LogP contribution in [0.3, 0.4) is 0 Å². The summed E-state index contributed by atoms with van der Waals surface area (Å²) in [5.41, 5.74) is 0.918. The predicted molar refractivity (Wildman–Crippen MR) is 79.2 cm³/mol. The minimum Gasteiger partial charge on any atom is -0.393 e. The molecule has 0 aromatic heterocycles. The van der Waals surface area contributed by atoms with E-state index in [1.54, 1.807) is 31.2 Å². The summed E-state index contributed by atoms with van der Waals surface area (Å²) in [6, 6.07) is 7.15. The molecule has 1 fully saturated rings. The number of hydrogen-bond acceptors (Lipinski definition) is 4. The van der Waals surface area contributed by atoms with Gasteiger partial charge in [0.25, 0.3) is 0 Å². The largest absolute Gasteiger partial charge is 0.393 e. The lowest BCUT2D eigenvalue weighted by Gasteiger charge is -2.27. The molecule has 0 spiro atoms. The second-order valence-electron chi connectivity index (χ2n) is 5.18. The molecule has 0 radical (unpaired) electrons. The smallest absolute Gasteiger partial charge is 0.240 e. The summed E-state index contributed by atoms with van der Waals surface area (Å²) in [6.07, 6.45) is 3.37. The fourth-order valence-corrected chi connectivity index (χ4v) is 3.50. The van der Waals surface area contributed by atoms with E-state index in [9.17, 15) is 13.5 Å². The van der Waals surface area contributed by atoms with Crippen LogP contribution in [0.2, 0.25) is 0 Å². The van der Waals surface area contributed by atoms with Crippen molar-refractivity contribution in [3.05, 3.63) is 24.3 Å². The highest BCUT2D eigenvalue weighted by Gasteiger charge is 2.19. The molecule has 1 aliphatic carbocycles. The molecule has 0 heterocycles. The number of rotatable bonds is 5. The molecule has 0 unspecified atom stereocenters. The zero-order chi connectivity index (χ0) is 14.6. The Morgan fingerprint density at radius 2 is 1.75 bits per heavy atom. The van der Waals surface area contributed by atoms with E-state index < -0.39 is 10.0 Å². The Labute approximate surface area is 120 Å². The number of anilines is 1. The molecule has 1 saturated carbocycles. The molecule has 3 N–H and O–H groups in total. The van der Waals surface area contributed by atoms with Gasteiger partial charge < -0.3 is 10.4 Å². The second kappa shape index (κ2) is 6.56. The van der Waals surface area contributed by atoms with Crippen molar-refractivity contribution in [2.24, 2.45) is 0 Å². The van der Waals surface area contributed by atoms with E-state index in [4.69, 9.17) is 0 Å². The number of aliphatic hydroxyl groups excluding tert-OH is 1. The van der Waals surface area contributed by atoms with E-state index in [2.05, 4.69) is 10.0 Å². The van der Waals surface area contributed by atoms with Crippen molar-refractivity contribution < 1.29 is 13.5 Å². The van der Waals surface area contributed by atoms with Crippen molar-refractivity contribution >= 4 is 15.7 Å². The van der Waals surface area contributed by atoms with Gasteiger partial charge in [-0.2, -0.15) is 0 Å². The molecule has 0 aliphatic heterocycles. The van der Waals surface area contributed by atoms with E-state index in [1.165, 1.54) is 0 Å². The van der Waals surface area contributed by atoms with E-state index in [0.717, 1.165) is 31.4 Å². The Morgan fingerprint density at radius 3 is 2.30 bits per heavy atom. The Kier molecular flexibility index (Phi) is 5.01. The highest BCUT2D eigenvalue weighted by atomic mass is 32.2. The van der Waals surface area contributed by atoms with Crippen LogP contribution in [0, 0.1) is 0 Å². The predicted octanol–water partition coefficient (Wildman–Crippen LogP) is 1.70. The highest BCUT2D eigenvalue weighted by molar-refractivity contribution is 7.89. The molecular formula is C14H22N2O3S. The molecule has 5 nitrogen and oxygen atoms in total. The zero-order valence-corrected chi connectivity index (χ0v) is 12.5. The van der Waals surface area contributed by atoms with Gasteiger partial charge in [0.2, 0.25) is 10.0 Å². The minimum atomic E-state index is -3.38. The van der Waals surface area contributed by atoms with Gasteiger partial charge in [-0.05, 0) is 49.9 Å². The van der Waals surface area contributed by atoms with Crippen LogP contribution in [0.15, 0.2) is 29.2 Å². The van der Waals surface area contributed by atoms with Gasteiger partial charge in [0.1, 0.15) is 0 Å². The quantitative estimate of drug-likeness (QED) is 0.773. The Bertz CT molecular complexity index is 520. The molecule has 1 aromatic rings. The van der Waals surface area contributed by atoms with Crippen molar-refractivity contribution in [1.82, 2.24) is 4.72 Å². The zero-order valence-electron chi connectivity index (χ0n) is 11.7. The molecule has 6 heteroatoms. The van der Waals surface area contributed by atoms with E-state index in [1.807, 2.05) is 0 Å². The van der Waals surface area contributed by atoms with Crippen LogP contribution in [0.5, 0.6) is 0 Å². The standard InChI is InChI=1S/C14H22N2O3S/c1-2-15-20(18,19)14-9-5-12(6-10-14)16-11-3-7-13(17)8-4-11/h5-6,9-11,13,15-17H,2-4,7-8H2,1H3. The maximum absolute atomic E-state index is 11.8. The van der Waals surface area contributed by atoms with E-state index in [0.29, 0.717) is 12.6 Å². The number of sulfonamides is 1. The van der Waals surface area contributed by atoms with Gasteiger partial charge in [0.15, 0.2) is 0 Å². The summed E-state index contributed by atoms with van der Waals surface area (Å²) in [5.74, 6) is 0. The normalized spacial score (nSPS) is 23.5. The minimum absolute atomic E-state index is 0.166. The maximum Gasteiger partial charge on any atom is 0.240 e. The Hall–Kier alpha value is -1.11. The summed E-state index contributed by atoms with van der Waals surface area (Å²) in [6.45, 7) is 2.14. The Balaban J connectivity index is 1.98. The number of aliphatic hydroxyl groups is 1. The van der Waals surface area contributed by atoms with Crippen LogP contribution in [0.4, 0.5) is 5.69 Å². The molecule has 0 atom stereocenters. The van der Waals surface area contributed by atoms with Crippen molar-refractivity contribution in [1.29, 1.82) is 0 Å². The molecular weight excluding hydrogens is 276 g/mol. The first-order valence-corrected chi connectivity index (χ1v) is 8.54. The molecule has 1 aliphatic rings. The first-order chi connectivity index (χ1) is 9.51. The summed E-state index contributed by atoms with van der Waals surface area (Å²) < 4.78 is 26.1. The van der Waals surface area contributed by atoms with Crippen LogP contribution in [-0.2, 0) is 10.0 Å². The fraction of sp³-hybridized carbons (Fsp3) is 0.571. The fourth-order valence-electron chi connectivity index (χ4n) is 2.46. The molecule has 20 heavy (non-hydrogen) atoms. The van der Waals surface area contributed by atoms with Crippen molar-refractivity contribution in [3.8, 4) is 0 Å². The second-order valence-corrected chi connectivity index (χ2v) is 6.94. The highest BCUT2D eigenvalue weighted by Crippen LogP contribution is 2.22.